The largest absolute Gasteiger partial charge is 0.320 e. The minimum Gasteiger partial charge on any atom is -0.320 e. The van der Waals surface area contributed by atoms with Gasteiger partial charge in [-0.3, -0.25) is 0 Å². The van der Waals surface area contributed by atoms with Crippen LogP contribution >= 0.6 is 0 Å². The van der Waals surface area contributed by atoms with E-state index in [1.54, 1.807) is 0 Å². The maximum absolute atomic E-state index is 4.64. The van der Waals surface area contributed by atoms with Gasteiger partial charge in [-0.2, -0.15) is 0 Å². The number of rotatable bonds is 5. The first kappa shape index (κ1) is 12.7. The lowest BCUT2D eigenvalue weighted by molar-refractivity contribution is 0.702. The molecular formula is C15H19N3. The van der Waals surface area contributed by atoms with E-state index < -0.39 is 0 Å². The molecule has 1 aromatic carbocycles. The van der Waals surface area contributed by atoms with Crippen LogP contribution in [0.4, 0.5) is 0 Å². The highest BCUT2D eigenvalue weighted by atomic mass is 14.9. The molecule has 1 heterocycles. The Morgan fingerprint density at radius 1 is 1.17 bits per heavy atom. The van der Waals surface area contributed by atoms with Crippen LogP contribution in [0.3, 0.4) is 0 Å². The molecule has 0 aliphatic carbocycles. The quantitative estimate of drug-likeness (QED) is 0.818. The fraction of sp³-hybridized carbons (Fsp3) is 0.333. The number of benzene rings is 1. The molecule has 0 radical (unpaired) electrons. The third-order valence-corrected chi connectivity index (χ3v) is 2.95. The van der Waals surface area contributed by atoms with E-state index in [2.05, 4.69) is 34.3 Å². The Morgan fingerprint density at radius 3 is 2.78 bits per heavy atom. The molecule has 1 N–H and O–H groups in total. The summed E-state index contributed by atoms with van der Waals surface area (Å²) < 4.78 is 0. The van der Waals surface area contributed by atoms with Gasteiger partial charge in [0.2, 0.25) is 0 Å². The molecule has 0 saturated carbocycles. The van der Waals surface area contributed by atoms with Crippen molar-refractivity contribution in [2.45, 2.75) is 19.8 Å². The highest BCUT2D eigenvalue weighted by Crippen LogP contribution is 2.20. The molecule has 0 fully saturated rings. The molecule has 0 aliphatic heterocycles. The van der Waals surface area contributed by atoms with E-state index in [0.29, 0.717) is 0 Å². The predicted molar refractivity (Wildman–Crippen MR) is 74.5 cm³/mol. The summed E-state index contributed by atoms with van der Waals surface area (Å²) >= 11 is 0. The van der Waals surface area contributed by atoms with Gasteiger partial charge in [0.25, 0.3) is 0 Å². The lowest BCUT2D eigenvalue weighted by atomic mass is 10.1. The molecule has 0 aliphatic rings. The lowest BCUT2D eigenvalue weighted by Crippen LogP contribution is -2.09. The number of hydrogen-bond donors (Lipinski definition) is 1. The third-order valence-electron chi connectivity index (χ3n) is 2.95. The monoisotopic (exact) mass is 241 g/mol. The van der Waals surface area contributed by atoms with Crippen LogP contribution in [-0.2, 0) is 6.42 Å². The van der Waals surface area contributed by atoms with E-state index in [4.69, 9.17) is 0 Å². The Hall–Kier alpha value is -1.74. The molecule has 0 bridgehead atoms. The SMILES string of the molecule is CNCCCc1nccc(-c2ccccc2C)n1. The number of aromatic nitrogens is 2. The van der Waals surface area contributed by atoms with Crippen LogP contribution in [-0.4, -0.2) is 23.6 Å². The summed E-state index contributed by atoms with van der Waals surface area (Å²) in [5.74, 6) is 0.922. The van der Waals surface area contributed by atoms with Crippen LogP contribution < -0.4 is 5.32 Å². The average molecular weight is 241 g/mol. The molecule has 0 spiro atoms. The van der Waals surface area contributed by atoms with E-state index in [9.17, 15) is 0 Å². The van der Waals surface area contributed by atoms with Crippen LogP contribution in [0.5, 0.6) is 0 Å². The van der Waals surface area contributed by atoms with Gasteiger partial charge in [0.15, 0.2) is 0 Å². The summed E-state index contributed by atoms with van der Waals surface area (Å²) in [6.07, 6.45) is 3.83. The molecule has 3 nitrogen and oxygen atoms in total. The molecule has 0 unspecified atom stereocenters. The Kier molecular flexibility index (Phi) is 4.42. The fourth-order valence-electron chi connectivity index (χ4n) is 1.95. The summed E-state index contributed by atoms with van der Waals surface area (Å²) in [6, 6.07) is 10.3. The van der Waals surface area contributed by atoms with Gasteiger partial charge >= 0.3 is 0 Å². The second kappa shape index (κ2) is 6.26. The zero-order chi connectivity index (χ0) is 12.8. The number of nitrogens with one attached hydrogen (secondary N) is 1. The molecule has 0 atom stereocenters. The number of aryl methyl sites for hydroxylation is 2. The standard InChI is InChI=1S/C15H19N3/c1-12-6-3-4-7-13(12)14-9-11-17-15(18-14)8-5-10-16-2/h3-4,6-7,9,11,16H,5,8,10H2,1-2H3. The van der Waals surface area contributed by atoms with Crippen molar-refractivity contribution in [2.24, 2.45) is 0 Å². The first-order valence-electron chi connectivity index (χ1n) is 6.34. The molecule has 2 aromatic rings. The van der Waals surface area contributed by atoms with E-state index in [1.165, 1.54) is 11.1 Å². The van der Waals surface area contributed by atoms with Crippen molar-refractivity contribution in [3.8, 4) is 11.3 Å². The second-order valence-electron chi connectivity index (χ2n) is 4.38. The summed E-state index contributed by atoms with van der Waals surface area (Å²) in [6.45, 7) is 3.11. The highest BCUT2D eigenvalue weighted by Gasteiger charge is 2.04. The van der Waals surface area contributed by atoms with Crippen molar-refractivity contribution >= 4 is 0 Å². The maximum atomic E-state index is 4.64. The van der Waals surface area contributed by atoms with E-state index in [0.717, 1.165) is 30.9 Å². The fourth-order valence-corrected chi connectivity index (χ4v) is 1.95. The van der Waals surface area contributed by atoms with Crippen molar-refractivity contribution in [3.05, 3.63) is 47.9 Å². The van der Waals surface area contributed by atoms with Crippen molar-refractivity contribution in [1.29, 1.82) is 0 Å². The minimum atomic E-state index is 0.917. The Labute approximate surface area is 108 Å². The first-order chi connectivity index (χ1) is 8.81. The zero-order valence-corrected chi connectivity index (χ0v) is 11.0. The van der Waals surface area contributed by atoms with Crippen molar-refractivity contribution in [1.82, 2.24) is 15.3 Å². The molecule has 2 rings (SSSR count). The van der Waals surface area contributed by atoms with E-state index in [1.807, 2.05) is 31.4 Å². The minimum absolute atomic E-state index is 0.917. The van der Waals surface area contributed by atoms with Crippen molar-refractivity contribution in [3.63, 3.8) is 0 Å². The summed E-state index contributed by atoms with van der Waals surface area (Å²) in [7, 11) is 1.96. The van der Waals surface area contributed by atoms with E-state index in [-0.39, 0.29) is 0 Å². The maximum Gasteiger partial charge on any atom is 0.128 e. The summed E-state index contributed by atoms with van der Waals surface area (Å²) in [5.41, 5.74) is 3.45. The topological polar surface area (TPSA) is 37.8 Å². The Balaban J connectivity index is 2.19. The molecule has 0 saturated heterocycles. The van der Waals surface area contributed by atoms with Crippen LogP contribution in [0.15, 0.2) is 36.5 Å². The molecule has 94 valence electrons. The number of nitrogens with zero attached hydrogens (tertiary/aromatic N) is 2. The third kappa shape index (κ3) is 3.14. The summed E-state index contributed by atoms with van der Waals surface area (Å²) in [4.78, 5) is 8.96. The normalized spacial score (nSPS) is 10.6. The lowest BCUT2D eigenvalue weighted by Gasteiger charge is -2.06. The Bertz CT molecular complexity index is 509. The predicted octanol–water partition coefficient (Wildman–Crippen LogP) is 2.60. The second-order valence-corrected chi connectivity index (χ2v) is 4.38. The van der Waals surface area contributed by atoms with Gasteiger partial charge in [-0.15, -0.1) is 0 Å². The van der Waals surface area contributed by atoms with Gasteiger partial charge in [-0.25, -0.2) is 9.97 Å². The van der Waals surface area contributed by atoms with Gasteiger partial charge < -0.3 is 5.32 Å². The van der Waals surface area contributed by atoms with Gasteiger partial charge in [0, 0.05) is 18.2 Å². The summed E-state index contributed by atoms with van der Waals surface area (Å²) in [5, 5.41) is 3.14. The van der Waals surface area contributed by atoms with Crippen molar-refractivity contribution in [2.75, 3.05) is 13.6 Å². The van der Waals surface area contributed by atoms with Gasteiger partial charge in [0.05, 0.1) is 5.69 Å². The van der Waals surface area contributed by atoms with Gasteiger partial charge in [-0.05, 0) is 38.6 Å². The van der Waals surface area contributed by atoms with E-state index >= 15 is 0 Å². The van der Waals surface area contributed by atoms with Crippen LogP contribution in [0, 0.1) is 6.92 Å². The van der Waals surface area contributed by atoms with Crippen molar-refractivity contribution < 1.29 is 0 Å². The molecule has 1 aromatic heterocycles. The Morgan fingerprint density at radius 2 is 2.00 bits per heavy atom. The molecule has 18 heavy (non-hydrogen) atoms. The average Bonchev–Trinajstić information content (AvgIpc) is 2.40. The van der Waals surface area contributed by atoms with Gasteiger partial charge in [0.1, 0.15) is 5.82 Å². The first-order valence-corrected chi connectivity index (χ1v) is 6.34. The highest BCUT2D eigenvalue weighted by molar-refractivity contribution is 5.62. The van der Waals surface area contributed by atoms with Gasteiger partial charge in [-0.1, -0.05) is 24.3 Å². The van der Waals surface area contributed by atoms with Crippen LogP contribution in [0.2, 0.25) is 0 Å². The molecular weight excluding hydrogens is 222 g/mol. The molecule has 3 heteroatoms. The zero-order valence-electron chi connectivity index (χ0n) is 11.0. The molecule has 0 amide bonds. The number of hydrogen-bond acceptors (Lipinski definition) is 3. The smallest absolute Gasteiger partial charge is 0.128 e. The van der Waals surface area contributed by atoms with Crippen LogP contribution in [0.1, 0.15) is 17.8 Å². The van der Waals surface area contributed by atoms with Crippen LogP contribution in [0.25, 0.3) is 11.3 Å².